The molecular formula is C11H12F2N2O. The van der Waals surface area contributed by atoms with Crippen molar-refractivity contribution in [3.05, 3.63) is 35.5 Å². The van der Waals surface area contributed by atoms with Gasteiger partial charge in [-0.1, -0.05) is 0 Å². The third kappa shape index (κ3) is 1.91. The van der Waals surface area contributed by atoms with Crippen LogP contribution in [0.4, 0.5) is 8.78 Å². The Hall–Kier alpha value is -1.46. The number of H-pyrrole nitrogens is 1. The van der Waals surface area contributed by atoms with Gasteiger partial charge in [-0.2, -0.15) is 0 Å². The van der Waals surface area contributed by atoms with E-state index < -0.39 is 17.7 Å². The van der Waals surface area contributed by atoms with Crippen molar-refractivity contribution in [2.24, 2.45) is 5.73 Å². The van der Waals surface area contributed by atoms with E-state index in [9.17, 15) is 8.78 Å². The van der Waals surface area contributed by atoms with Crippen molar-refractivity contribution >= 4 is 10.9 Å². The molecule has 0 aliphatic heterocycles. The van der Waals surface area contributed by atoms with Crippen LogP contribution >= 0.6 is 0 Å². The molecule has 1 aromatic heterocycles. The highest BCUT2D eigenvalue weighted by atomic mass is 19.2. The van der Waals surface area contributed by atoms with Gasteiger partial charge in [0.1, 0.15) is 0 Å². The molecule has 3 nitrogen and oxygen atoms in total. The number of hydrogen-bond donors (Lipinski definition) is 3. The van der Waals surface area contributed by atoms with E-state index in [0.29, 0.717) is 17.3 Å². The first-order chi connectivity index (χ1) is 7.61. The fraction of sp³-hybridized carbons (Fsp3) is 0.273. The highest BCUT2D eigenvalue weighted by Crippen LogP contribution is 2.22. The number of halogens is 2. The zero-order chi connectivity index (χ0) is 11.7. The maximum Gasteiger partial charge on any atom is 0.160 e. The molecule has 0 bridgehead atoms. The van der Waals surface area contributed by atoms with E-state index in [1.54, 1.807) is 6.20 Å². The van der Waals surface area contributed by atoms with Crippen molar-refractivity contribution in [3.8, 4) is 0 Å². The average molecular weight is 226 g/mol. The number of aliphatic hydroxyl groups excluding tert-OH is 1. The molecule has 16 heavy (non-hydrogen) atoms. The van der Waals surface area contributed by atoms with Crippen LogP contribution in [0, 0.1) is 11.6 Å². The molecule has 1 heterocycles. The lowest BCUT2D eigenvalue weighted by Crippen LogP contribution is -2.26. The highest BCUT2D eigenvalue weighted by molar-refractivity contribution is 5.83. The maximum absolute atomic E-state index is 13.1. The van der Waals surface area contributed by atoms with Gasteiger partial charge in [-0.3, -0.25) is 0 Å². The summed E-state index contributed by atoms with van der Waals surface area (Å²) in [7, 11) is 0. The predicted octanol–water partition coefficient (Wildman–Crippen LogP) is 1.31. The van der Waals surface area contributed by atoms with Crippen LogP contribution in [0.3, 0.4) is 0 Å². The molecule has 0 fully saturated rings. The normalized spacial score (nSPS) is 13.2. The minimum atomic E-state index is -0.883. The second kappa shape index (κ2) is 4.19. The summed E-state index contributed by atoms with van der Waals surface area (Å²) in [5.41, 5.74) is 6.89. The van der Waals surface area contributed by atoms with Crippen molar-refractivity contribution in [2.75, 3.05) is 6.61 Å². The second-order valence-corrected chi connectivity index (χ2v) is 3.77. The number of aromatic nitrogens is 1. The molecule has 86 valence electrons. The molecule has 0 aliphatic rings. The van der Waals surface area contributed by atoms with Gasteiger partial charge < -0.3 is 15.8 Å². The first-order valence-electron chi connectivity index (χ1n) is 4.93. The Labute approximate surface area is 90.9 Å². The Morgan fingerprint density at radius 1 is 1.31 bits per heavy atom. The number of fused-ring (bicyclic) bond motifs is 1. The molecule has 0 aliphatic carbocycles. The fourth-order valence-electron chi connectivity index (χ4n) is 1.69. The lowest BCUT2D eigenvalue weighted by Gasteiger charge is -2.06. The minimum Gasteiger partial charge on any atom is -0.395 e. The number of rotatable bonds is 3. The van der Waals surface area contributed by atoms with Crippen LogP contribution in [0.15, 0.2) is 18.3 Å². The summed E-state index contributed by atoms with van der Waals surface area (Å²) in [5, 5.41) is 9.43. The van der Waals surface area contributed by atoms with Gasteiger partial charge in [-0.25, -0.2) is 8.78 Å². The summed E-state index contributed by atoms with van der Waals surface area (Å²) < 4.78 is 26.0. The summed E-state index contributed by atoms with van der Waals surface area (Å²) >= 11 is 0. The quantitative estimate of drug-likeness (QED) is 0.738. The first-order valence-corrected chi connectivity index (χ1v) is 4.93. The van der Waals surface area contributed by atoms with E-state index >= 15 is 0 Å². The smallest absolute Gasteiger partial charge is 0.160 e. The average Bonchev–Trinajstić information content (AvgIpc) is 2.62. The van der Waals surface area contributed by atoms with Crippen LogP contribution in [0.1, 0.15) is 5.56 Å². The van der Waals surface area contributed by atoms with Crippen LogP contribution in [-0.4, -0.2) is 22.7 Å². The Morgan fingerprint density at radius 3 is 2.69 bits per heavy atom. The van der Waals surface area contributed by atoms with Crippen LogP contribution in [0.5, 0.6) is 0 Å². The fourth-order valence-corrected chi connectivity index (χ4v) is 1.69. The molecule has 0 spiro atoms. The van der Waals surface area contributed by atoms with Crippen molar-refractivity contribution in [1.82, 2.24) is 4.98 Å². The SMILES string of the molecule is NC(CO)Cc1c[nH]c2cc(F)c(F)cc12. The Kier molecular flexibility index (Phi) is 2.89. The predicted molar refractivity (Wildman–Crippen MR) is 57.0 cm³/mol. The largest absolute Gasteiger partial charge is 0.395 e. The summed E-state index contributed by atoms with van der Waals surface area (Å²) in [5.74, 6) is -1.77. The highest BCUT2D eigenvalue weighted by Gasteiger charge is 2.11. The summed E-state index contributed by atoms with van der Waals surface area (Å²) in [6, 6.07) is 1.85. The number of aromatic amines is 1. The third-order valence-electron chi connectivity index (χ3n) is 2.52. The first kappa shape index (κ1) is 11.0. The number of hydrogen-bond acceptors (Lipinski definition) is 2. The number of aliphatic hydroxyl groups is 1. The molecular weight excluding hydrogens is 214 g/mol. The van der Waals surface area contributed by atoms with E-state index in [2.05, 4.69) is 4.98 Å². The molecule has 2 aromatic rings. The second-order valence-electron chi connectivity index (χ2n) is 3.77. The molecule has 2 rings (SSSR count). The molecule has 1 aromatic carbocycles. The number of nitrogens with two attached hydrogens (primary N) is 1. The summed E-state index contributed by atoms with van der Waals surface area (Å²) in [4.78, 5) is 2.84. The van der Waals surface area contributed by atoms with Gasteiger partial charge in [-0.15, -0.1) is 0 Å². The van der Waals surface area contributed by atoms with Gasteiger partial charge in [-0.05, 0) is 18.1 Å². The van der Waals surface area contributed by atoms with E-state index in [4.69, 9.17) is 10.8 Å². The lowest BCUT2D eigenvalue weighted by molar-refractivity contribution is 0.265. The van der Waals surface area contributed by atoms with Gasteiger partial charge in [0, 0.05) is 29.2 Å². The van der Waals surface area contributed by atoms with Gasteiger partial charge >= 0.3 is 0 Å². The molecule has 0 amide bonds. The molecule has 0 radical (unpaired) electrons. The summed E-state index contributed by atoms with van der Waals surface area (Å²) in [6.07, 6.45) is 2.07. The van der Waals surface area contributed by atoms with Gasteiger partial charge in [0.05, 0.1) is 6.61 Å². The Morgan fingerprint density at radius 2 is 2.00 bits per heavy atom. The van der Waals surface area contributed by atoms with Crippen molar-refractivity contribution in [3.63, 3.8) is 0 Å². The molecule has 4 N–H and O–H groups in total. The van der Waals surface area contributed by atoms with Crippen LogP contribution < -0.4 is 5.73 Å². The van der Waals surface area contributed by atoms with Gasteiger partial charge in [0.15, 0.2) is 11.6 Å². The van der Waals surface area contributed by atoms with E-state index in [0.717, 1.165) is 17.7 Å². The van der Waals surface area contributed by atoms with Crippen molar-refractivity contribution in [1.29, 1.82) is 0 Å². The van der Waals surface area contributed by atoms with Gasteiger partial charge in [0.2, 0.25) is 0 Å². The molecule has 5 heteroatoms. The number of benzene rings is 1. The van der Waals surface area contributed by atoms with Crippen LogP contribution in [0.2, 0.25) is 0 Å². The van der Waals surface area contributed by atoms with E-state index in [-0.39, 0.29) is 6.61 Å². The van der Waals surface area contributed by atoms with Crippen LogP contribution in [-0.2, 0) is 6.42 Å². The minimum absolute atomic E-state index is 0.143. The zero-order valence-electron chi connectivity index (χ0n) is 8.50. The third-order valence-corrected chi connectivity index (χ3v) is 2.52. The maximum atomic E-state index is 13.1. The van der Waals surface area contributed by atoms with E-state index in [1.165, 1.54) is 0 Å². The topological polar surface area (TPSA) is 62.0 Å². The molecule has 0 saturated carbocycles. The standard InChI is InChI=1S/C11H12F2N2O/c12-9-2-8-6(1-7(14)5-16)4-15-11(8)3-10(9)13/h2-4,7,15-16H,1,5,14H2. The number of nitrogens with one attached hydrogen (secondary N) is 1. The zero-order valence-corrected chi connectivity index (χ0v) is 8.50. The molecule has 1 unspecified atom stereocenters. The van der Waals surface area contributed by atoms with E-state index in [1.807, 2.05) is 0 Å². The molecule has 1 atom stereocenters. The van der Waals surface area contributed by atoms with Crippen molar-refractivity contribution < 1.29 is 13.9 Å². The summed E-state index contributed by atoms with van der Waals surface area (Å²) in [6.45, 7) is -0.143. The monoisotopic (exact) mass is 226 g/mol. The Balaban J connectivity index is 2.44. The van der Waals surface area contributed by atoms with Gasteiger partial charge in [0.25, 0.3) is 0 Å². The Bertz CT molecular complexity index is 510. The van der Waals surface area contributed by atoms with Crippen molar-refractivity contribution in [2.45, 2.75) is 12.5 Å². The van der Waals surface area contributed by atoms with Crippen LogP contribution in [0.25, 0.3) is 10.9 Å². The lowest BCUT2D eigenvalue weighted by atomic mass is 10.1. The molecule has 0 saturated heterocycles.